The summed E-state index contributed by atoms with van der Waals surface area (Å²) in [6.07, 6.45) is 6.57. The number of hydrogen-bond donors (Lipinski definition) is 3. The van der Waals surface area contributed by atoms with Crippen LogP contribution in [0.5, 0.6) is 0 Å². The number of halogens is 1. The molecule has 0 amide bonds. The third-order valence-electron chi connectivity index (χ3n) is 6.66. The summed E-state index contributed by atoms with van der Waals surface area (Å²) in [6.45, 7) is 1.79. The van der Waals surface area contributed by atoms with Gasteiger partial charge in [0, 0.05) is 49.2 Å². The lowest BCUT2D eigenvalue weighted by Crippen LogP contribution is -2.31. The Kier molecular flexibility index (Phi) is 6.13. The zero-order chi connectivity index (χ0) is 22.8. The molecule has 0 saturated heterocycles. The molecule has 172 valence electrons. The second kappa shape index (κ2) is 9.35. The zero-order valence-electron chi connectivity index (χ0n) is 19.2. The lowest BCUT2D eigenvalue weighted by molar-refractivity contribution is 0.324. The van der Waals surface area contributed by atoms with E-state index in [1.165, 1.54) is 24.5 Å². The van der Waals surface area contributed by atoms with E-state index in [-0.39, 0.29) is 5.82 Å². The van der Waals surface area contributed by atoms with Gasteiger partial charge in [-0.3, -0.25) is 0 Å². The van der Waals surface area contributed by atoms with E-state index in [0.717, 1.165) is 59.5 Å². The van der Waals surface area contributed by atoms with Gasteiger partial charge in [0.25, 0.3) is 0 Å². The first-order valence-electron chi connectivity index (χ1n) is 11.7. The monoisotopic (exact) mass is 446 g/mol. The van der Waals surface area contributed by atoms with Gasteiger partial charge in [0.05, 0.1) is 5.52 Å². The lowest BCUT2D eigenvalue weighted by atomic mass is 9.86. The van der Waals surface area contributed by atoms with Crippen LogP contribution >= 0.6 is 0 Å². The summed E-state index contributed by atoms with van der Waals surface area (Å²) in [5.41, 5.74) is 3.01. The minimum Gasteiger partial charge on any atom is -0.362 e. The van der Waals surface area contributed by atoms with Crippen LogP contribution in [-0.2, 0) is 6.54 Å². The number of rotatable bonds is 7. The molecular formula is C26H31FN6. The number of anilines is 2. The van der Waals surface area contributed by atoms with Crippen LogP contribution in [0.2, 0.25) is 0 Å². The van der Waals surface area contributed by atoms with Crippen molar-refractivity contribution in [1.29, 1.82) is 0 Å². The molecule has 4 aromatic rings. The number of fused-ring (bicyclic) bond motifs is 2. The summed E-state index contributed by atoms with van der Waals surface area (Å²) in [5.74, 6) is 2.12. The average Bonchev–Trinajstić information content (AvgIpc) is 3.21. The smallest absolute Gasteiger partial charge is 0.225 e. The molecule has 0 aliphatic heterocycles. The number of benzene rings is 2. The van der Waals surface area contributed by atoms with Crippen molar-refractivity contribution in [2.45, 2.75) is 38.3 Å². The van der Waals surface area contributed by atoms with Gasteiger partial charge in [-0.1, -0.05) is 12.1 Å². The van der Waals surface area contributed by atoms with Crippen molar-refractivity contribution >= 4 is 33.6 Å². The van der Waals surface area contributed by atoms with Crippen molar-refractivity contribution in [3.8, 4) is 0 Å². The highest BCUT2D eigenvalue weighted by Gasteiger charge is 2.22. The van der Waals surface area contributed by atoms with Gasteiger partial charge in [0.1, 0.15) is 11.6 Å². The minimum absolute atomic E-state index is 0.207. The number of nitrogens with zero attached hydrogens (tertiary/aromatic N) is 3. The Morgan fingerprint density at radius 3 is 2.67 bits per heavy atom. The Balaban J connectivity index is 1.14. The average molecular weight is 447 g/mol. The van der Waals surface area contributed by atoms with Gasteiger partial charge in [-0.05, 0) is 74.0 Å². The number of H-pyrrole nitrogens is 1. The summed E-state index contributed by atoms with van der Waals surface area (Å²) in [4.78, 5) is 14.7. The van der Waals surface area contributed by atoms with Crippen LogP contribution < -0.4 is 15.5 Å². The highest BCUT2D eigenvalue weighted by Crippen LogP contribution is 2.28. The van der Waals surface area contributed by atoms with E-state index in [9.17, 15) is 4.39 Å². The lowest BCUT2D eigenvalue weighted by Gasteiger charge is -2.29. The molecule has 5 rings (SSSR count). The Morgan fingerprint density at radius 1 is 1.03 bits per heavy atom. The first-order valence-corrected chi connectivity index (χ1v) is 11.7. The van der Waals surface area contributed by atoms with Crippen molar-refractivity contribution in [2.75, 3.05) is 30.9 Å². The van der Waals surface area contributed by atoms with Gasteiger partial charge < -0.3 is 20.5 Å². The fourth-order valence-corrected chi connectivity index (χ4v) is 4.87. The molecule has 33 heavy (non-hydrogen) atoms. The Labute approximate surface area is 193 Å². The molecule has 7 heteroatoms. The van der Waals surface area contributed by atoms with Gasteiger partial charge in [0.2, 0.25) is 5.95 Å². The van der Waals surface area contributed by atoms with E-state index in [0.29, 0.717) is 12.0 Å². The molecule has 0 unspecified atom stereocenters. The summed E-state index contributed by atoms with van der Waals surface area (Å²) in [7, 11) is 4.04. The van der Waals surface area contributed by atoms with E-state index in [4.69, 9.17) is 9.97 Å². The molecule has 6 nitrogen and oxygen atoms in total. The van der Waals surface area contributed by atoms with E-state index >= 15 is 0 Å². The summed E-state index contributed by atoms with van der Waals surface area (Å²) in [5, 5.41) is 9.35. The molecule has 0 atom stereocenters. The fourth-order valence-electron chi connectivity index (χ4n) is 4.87. The predicted octanol–water partition coefficient (Wildman–Crippen LogP) is 5.08. The summed E-state index contributed by atoms with van der Waals surface area (Å²) < 4.78 is 13.4. The van der Waals surface area contributed by atoms with Crippen LogP contribution in [0.15, 0.2) is 48.7 Å². The standard InChI is InChI=1S/C26H31FN6/c1-33(2)25-22-5-3-4-6-23(22)31-26(32-25)30-20-10-7-17(8-11-20)14-28-15-18-16-29-24-13-19(27)9-12-21(18)24/h3-6,9,12-13,16-17,20,28-29H,7-8,10-11,14-15H2,1-2H3,(H,30,31,32)/t17-,20+. The van der Waals surface area contributed by atoms with Gasteiger partial charge in [-0.15, -0.1) is 0 Å². The van der Waals surface area contributed by atoms with E-state index < -0.39 is 0 Å². The number of aromatic nitrogens is 3. The first kappa shape index (κ1) is 21.6. The highest BCUT2D eigenvalue weighted by atomic mass is 19.1. The molecule has 1 fully saturated rings. The van der Waals surface area contributed by atoms with Crippen molar-refractivity contribution in [2.24, 2.45) is 5.92 Å². The maximum absolute atomic E-state index is 13.4. The molecule has 0 radical (unpaired) electrons. The topological polar surface area (TPSA) is 68.9 Å². The maximum Gasteiger partial charge on any atom is 0.225 e. The van der Waals surface area contributed by atoms with Crippen molar-refractivity contribution in [3.05, 3.63) is 60.0 Å². The van der Waals surface area contributed by atoms with Crippen LogP contribution in [0, 0.1) is 11.7 Å². The Hall–Kier alpha value is -3.19. The predicted molar refractivity (Wildman–Crippen MR) is 133 cm³/mol. The largest absolute Gasteiger partial charge is 0.362 e. The third-order valence-corrected chi connectivity index (χ3v) is 6.66. The summed E-state index contributed by atoms with van der Waals surface area (Å²) in [6, 6.07) is 13.5. The Morgan fingerprint density at radius 2 is 1.85 bits per heavy atom. The van der Waals surface area contributed by atoms with Crippen LogP contribution in [-0.4, -0.2) is 41.6 Å². The first-order chi connectivity index (χ1) is 16.1. The SMILES string of the molecule is CN(C)c1nc(N[C@H]2CC[C@@H](CNCc3c[nH]c4cc(F)ccc34)CC2)nc2ccccc12. The Bertz CT molecular complexity index is 1240. The van der Waals surface area contributed by atoms with E-state index in [2.05, 4.69) is 21.7 Å². The van der Waals surface area contributed by atoms with Gasteiger partial charge in [-0.25, -0.2) is 9.37 Å². The molecule has 0 spiro atoms. The van der Waals surface area contributed by atoms with Crippen molar-refractivity contribution < 1.29 is 4.39 Å². The fraction of sp³-hybridized carbons (Fsp3) is 0.385. The van der Waals surface area contributed by atoms with Gasteiger partial charge in [0.15, 0.2) is 0 Å². The number of nitrogens with one attached hydrogen (secondary N) is 3. The van der Waals surface area contributed by atoms with E-state index in [1.807, 2.05) is 49.5 Å². The normalized spacial score (nSPS) is 18.6. The van der Waals surface area contributed by atoms with Gasteiger partial charge in [-0.2, -0.15) is 4.98 Å². The minimum atomic E-state index is -0.207. The molecule has 1 saturated carbocycles. The molecule has 2 aromatic heterocycles. The molecule has 1 aliphatic carbocycles. The van der Waals surface area contributed by atoms with Crippen molar-refractivity contribution in [3.63, 3.8) is 0 Å². The highest BCUT2D eigenvalue weighted by molar-refractivity contribution is 5.90. The number of hydrogen-bond acceptors (Lipinski definition) is 5. The van der Waals surface area contributed by atoms with Gasteiger partial charge >= 0.3 is 0 Å². The second-order valence-corrected chi connectivity index (χ2v) is 9.28. The van der Waals surface area contributed by atoms with Crippen LogP contribution in [0.4, 0.5) is 16.2 Å². The quantitative estimate of drug-likeness (QED) is 0.370. The van der Waals surface area contributed by atoms with Crippen molar-refractivity contribution in [1.82, 2.24) is 20.3 Å². The number of aromatic amines is 1. The summed E-state index contributed by atoms with van der Waals surface area (Å²) >= 11 is 0. The van der Waals surface area contributed by atoms with Crippen LogP contribution in [0.3, 0.4) is 0 Å². The molecule has 2 aromatic carbocycles. The molecular weight excluding hydrogens is 415 g/mol. The van der Waals surface area contributed by atoms with Crippen LogP contribution in [0.1, 0.15) is 31.2 Å². The third kappa shape index (κ3) is 4.78. The molecule has 0 bridgehead atoms. The second-order valence-electron chi connectivity index (χ2n) is 9.28. The molecule has 3 N–H and O–H groups in total. The van der Waals surface area contributed by atoms with E-state index in [1.54, 1.807) is 6.07 Å². The van der Waals surface area contributed by atoms with Crippen LogP contribution in [0.25, 0.3) is 21.8 Å². The zero-order valence-corrected chi connectivity index (χ0v) is 19.2. The maximum atomic E-state index is 13.4. The number of para-hydroxylation sites is 1. The molecule has 2 heterocycles. The molecule has 1 aliphatic rings.